The van der Waals surface area contributed by atoms with Gasteiger partial charge in [0.2, 0.25) is 5.91 Å². The molecular weight excluding hydrogens is 437 g/mol. The molecule has 1 unspecified atom stereocenters. The van der Waals surface area contributed by atoms with E-state index in [1.165, 1.54) is 17.7 Å². The van der Waals surface area contributed by atoms with Crippen molar-refractivity contribution >= 4 is 11.9 Å². The molecule has 2 N–H and O–H groups in total. The molecule has 0 aromatic heterocycles. The first-order valence-electron chi connectivity index (χ1n) is 11.9. The number of urea groups is 1. The number of carbonyl (C=O) groups is 2. The molecule has 8 heteroatoms. The second kappa shape index (κ2) is 9.16. The first-order chi connectivity index (χ1) is 16.4. The minimum absolute atomic E-state index is 0.0851. The van der Waals surface area contributed by atoms with E-state index in [1.54, 1.807) is 12.1 Å². The molecule has 1 aliphatic carbocycles. The number of fused-ring (bicyclic) bond motifs is 3. The Bertz CT molecular complexity index is 1080. The third kappa shape index (κ3) is 4.29. The minimum atomic E-state index is -0.432. The molecule has 34 heavy (non-hydrogen) atoms. The number of carbonyl (C=O) groups excluding carboxylic acids is 2. The second-order valence-electron chi connectivity index (χ2n) is 9.43. The van der Waals surface area contributed by atoms with Crippen molar-refractivity contribution in [1.82, 2.24) is 15.5 Å². The summed E-state index contributed by atoms with van der Waals surface area (Å²) in [4.78, 5) is 27.4. The molecule has 7 nitrogen and oxygen atoms in total. The highest BCUT2D eigenvalue weighted by atomic mass is 19.1. The van der Waals surface area contributed by atoms with Gasteiger partial charge in [0, 0.05) is 18.5 Å². The van der Waals surface area contributed by atoms with Gasteiger partial charge in [-0.25, -0.2) is 9.18 Å². The number of hydrogen-bond acceptors (Lipinski definition) is 4. The zero-order valence-electron chi connectivity index (χ0n) is 19.4. The highest BCUT2D eigenvalue weighted by Gasteiger charge is 2.46. The molecular formula is C26H30FN3O4. The summed E-state index contributed by atoms with van der Waals surface area (Å²) in [6, 6.07) is 9.53. The van der Waals surface area contributed by atoms with Crippen LogP contribution in [0.2, 0.25) is 0 Å². The van der Waals surface area contributed by atoms with Crippen LogP contribution in [-0.2, 0) is 16.8 Å². The Morgan fingerprint density at radius 3 is 2.44 bits per heavy atom. The van der Waals surface area contributed by atoms with Gasteiger partial charge in [0.05, 0.1) is 12.6 Å². The Kier molecular flexibility index (Phi) is 6.06. The van der Waals surface area contributed by atoms with Gasteiger partial charge >= 0.3 is 6.03 Å². The number of amides is 3. The SMILES string of the molecule is CC1c2cc3c(cc2C2(CCCC2)CN1C(=O)CNC(=O)NCc1ccc(F)cc1)OCCO3. The molecule has 3 aliphatic rings. The van der Waals surface area contributed by atoms with Crippen LogP contribution in [0, 0.1) is 5.82 Å². The molecule has 1 atom stereocenters. The highest BCUT2D eigenvalue weighted by Crippen LogP contribution is 2.51. The van der Waals surface area contributed by atoms with Crippen molar-refractivity contribution in [2.24, 2.45) is 0 Å². The van der Waals surface area contributed by atoms with E-state index in [0.717, 1.165) is 48.3 Å². The Labute approximate surface area is 198 Å². The quantitative estimate of drug-likeness (QED) is 0.717. The maximum absolute atomic E-state index is 13.2. The van der Waals surface area contributed by atoms with Crippen molar-refractivity contribution in [3.63, 3.8) is 0 Å². The zero-order valence-corrected chi connectivity index (χ0v) is 19.4. The zero-order chi connectivity index (χ0) is 23.7. The maximum Gasteiger partial charge on any atom is 0.315 e. The van der Waals surface area contributed by atoms with Crippen LogP contribution in [0.4, 0.5) is 9.18 Å². The molecule has 2 heterocycles. The molecule has 1 spiro atoms. The summed E-state index contributed by atoms with van der Waals surface area (Å²) in [6.45, 7) is 3.90. The third-order valence-electron chi connectivity index (χ3n) is 7.32. The molecule has 2 aliphatic heterocycles. The van der Waals surface area contributed by atoms with Gasteiger partial charge in [0.15, 0.2) is 11.5 Å². The van der Waals surface area contributed by atoms with Crippen LogP contribution in [0.5, 0.6) is 11.5 Å². The largest absolute Gasteiger partial charge is 0.486 e. The molecule has 5 rings (SSSR count). The molecule has 1 saturated carbocycles. The summed E-state index contributed by atoms with van der Waals surface area (Å²) in [7, 11) is 0. The molecule has 180 valence electrons. The number of halogens is 1. The highest BCUT2D eigenvalue weighted by molar-refractivity contribution is 5.84. The number of hydrogen-bond donors (Lipinski definition) is 2. The monoisotopic (exact) mass is 467 g/mol. The van der Waals surface area contributed by atoms with Crippen LogP contribution in [0.3, 0.4) is 0 Å². The lowest BCUT2D eigenvalue weighted by Crippen LogP contribution is -2.52. The summed E-state index contributed by atoms with van der Waals surface area (Å²) in [6.07, 6.45) is 4.33. The Balaban J connectivity index is 1.27. The van der Waals surface area contributed by atoms with Crippen molar-refractivity contribution in [2.75, 3.05) is 26.3 Å². The number of rotatable bonds is 4. The lowest BCUT2D eigenvalue weighted by Gasteiger charge is -2.46. The van der Waals surface area contributed by atoms with Gasteiger partial charge in [-0.05, 0) is 60.7 Å². The van der Waals surface area contributed by atoms with Crippen molar-refractivity contribution < 1.29 is 23.5 Å². The minimum Gasteiger partial charge on any atom is -0.486 e. The lowest BCUT2D eigenvalue weighted by molar-refractivity contribution is -0.134. The Hall–Kier alpha value is -3.29. The van der Waals surface area contributed by atoms with Gasteiger partial charge in [0.25, 0.3) is 0 Å². The van der Waals surface area contributed by atoms with Crippen LogP contribution in [0.1, 0.15) is 55.3 Å². The summed E-state index contributed by atoms with van der Waals surface area (Å²) in [5, 5.41) is 5.39. The van der Waals surface area contributed by atoms with Gasteiger partial charge < -0.3 is 25.0 Å². The van der Waals surface area contributed by atoms with Crippen LogP contribution in [-0.4, -0.2) is 43.1 Å². The number of nitrogens with zero attached hydrogens (tertiary/aromatic N) is 1. The molecule has 0 radical (unpaired) electrons. The molecule has 1 fully saturated rings. The fourth-order valence-corrected chi connectivity index (χ4v) is 5.51. The van der Waals surface area contributed by atoms with Crippen LogP contribution < -0.4 is 20.1 Å². The van der Waals surface area contributed by atoms with Crippen LogP contribution in [0.15, 0.2) is 36.4 Å². The fraction of sp³-hybridized carbons (Fsp3) is 0.462. The average molecular weight is 468 g/mol. The van der Waals surface area contributed by atoms with Gasteiger partial charge in [-0.1, -0.05) is 25.0 Å². The van der Waals surface area contributed by atoms with E-state index in [4.69, 9.17) is 9.47 Å². The van der Waals surface area contributed by atoms with Crippen molar-refractivity contribution in [3.05, 3.63) is 58.9 Å². The van der Waals surface area contributed by atoms with E-state index in [-0.39, 0.29) is 36.3 Å². The smallest absolute Gasteiger partial charge is 0.315 e. The van der Waals surface area contributed by atoms with E-state index >= 15 is 0 Å². The summed E-state index contributed by atoms with van der Waals surface area (Å²) < 4.78 is 24.7. The predicted octanol–water partition coefficient (Wildman–Crippen LogP) is 3.81. The summed E-state index contributed by atoms with van der Waals surface area (Å²) in [5.41, 5.74) is 3.07. The number of nitrogens with one attached hydrogen (secondary N) is 2. The summed E-state index contributed by atoms with van der Waals surface area (Å²) in [5.74, 6) is 1.09. The van der Waals surface area contributed by atoms with Crippen molar-refractivity contribution in [3.8, 4) is 11.5 Å². The number of ether oxygens (including phenoxy) is 2. The van der Waals surface area contributed by atoms with Gasteiger partial charge in [-0.15, -0.1) is 0 Å². The van der Waals surface area contributed by atoms with E-state index in [2.05, 4.69) is 16.7 Å². The van der Waals surface area contributed by atoms with Crippen molar-refractivity contribution in [1.29, 1.82) is 0 Å². The second-order valence-corrected chi connectivity index (χ2v) is 9.43. The Morgan fingerprint density at radius 2 is 1.74 bits per heavy atom. The van der Waals surface area contributed by atoms with E-state index in [1.807, 2.05) is 17.9 Å². The third-order valence-corrected chi connectivity index (χ3v) is 7.32. The number of benzene rings is 2. The molecule has 3 amide bonds. The van der Waals surface area contributed by atoms with E-state index < -0.39 is 6.03 Å². The van der Waals surface area contributed by atoms with E-state index in [0.29, 0.717) is 19.8 Å². The van der Waals surface area contributed by atoms with Crippen molar-refractivity contribution in [2.45, 2.75) is 50.6 Å². The van der Waals surface area contributed by atoms with Gasteiger partial charge in [0.1, 0.15) is 19.0 Å². The molecule has 2 aromatic rings. The van der Waals surface area contributed by atoms with Crippen LogP contribution >= 0.6 is 0 Å². The first-order valence-corrected chi connectivity index (χ1v) is 11.9. The first kappa shape index (κ1) is 22.5. The normalized spacial score (nSPS) is 20.1. The fourth-order valence-electron chi connectivity index (χ4n) is 5.51. The summed E-state index contributed by atoms with van der Waals surface area (Å²) >= 11 is 0. The van der Waals surface area contributed by atoms with Gasteiger partial charge in [-0.2, -0.15) is 0 Å². The van der Waals surface area contributed by atoms with E-state index in [9.17, 15) is 14.0 Å². The molecule has 2 aromatic carbocycles. The standard InChI is InChI=1S/C26H30FN3O4/c1-17-20-12-22-23(34-11-10-33-22)13-21(20)26(8-2-3-9-26)16-30(17)24(31)15-29-25(32)28-14-18-4-6-19(27)7-5-18/h4-7,12-13,17H,2-3,8-11,14-16H2,1H3,(H2,28,29,32). The average Bonchev–Trinajstić information content (AvgIpc) is 3.33. The Morgan fingerprint density at radius 1 is 1.06 bits per heavy atom. The topological polar surface area (TPSA) is 79.9 Å². The maximum atomic E-state index is 13.2. The lowest BCUT2D eigenvalue weighted by atomic mass is 9.71. The molecule has 0 bridgehead atoms. The molecule has 0 saturated heterocycles. The predicted molar refractivity (Wildman–Crippen MR) is 124 cm³/mol. The van der Waals surface area contributed by atoms with Crippen LogP contribution in [0.25, 0.3) is 0 Å². The van der Waals surface area contributed by atoms with Gasteiger partial charge in [-0.3, -0.25) is 4.79 Å².